The molecule has 0 bridgehead atoms. The molecule has 0 spiro atoms. The minimum Gasteiger partial charge on any atom is -0.313 e. The summed E-state index contributed by atoms with van der Waals surface area (Å²) >= 11 is 0. The average molecular weight is 243 g/mol. The van der Waals surface area contributed by atoms with E-state index in [1.807, 2.05) is 0 Å². The van der Waals surface area contributed by atoms with Gasteiger partial charge in [0.05, 0.1) is 0 Å². The van der Waals surface area contributed by atoms with Gasteiger partial charge in [0.2, 0.25) is 0 Å². The van der Waals surface area contributed by atoms with Gasteiger partial charge in [0.1, 0.15) is 0 Å². The fraction of sp³-hybridized carbons (Fsp3) is 0.647. The molecule has 0 aromatic heterocycles. The number of hydrogen-bond acceptors (Lipinski definition) is 1. The summed E-state index contributed by atoms with van der Waals surface area (Å²) in [6, 6.07) is 7.58. The van der Waals surface area contributed by atoms with Crippen LogP contribution in [0.2, 0.25) is 0 Å². The van der Waals surface area contributed by atoms with Gasteiger partial charge in [-0.3, -0.25) is 0 Å². The molecule has 2 aliphatic rings. The Hall–Kier alpha value is -0.820. The van der Waals surface area contributed by atoms with Crippen molar-refractivity contribution in [2.24, 2.45) is 17.8 Å². The van der Waals surface area contributed by atoms with Crippen molar-refractivity contribution in [3.63, 3.8) is 0 Å². The summed E-state index contributed by atoms with van der Waals surface area (Å²) in [6.07, 6.45) is 5.86. The van der Waals surface area contributed by atoms with Crippen molar-refractivity contribution in [3.05, 3.63) is 34.9 Å². The topological polar surface area (TPSA) is 12.0 Å². The lowest BCUT2D eigenvalue weighted by atomic mass is 9.96. The minimum atomic E-state index is 0.581. The molecule has 1 nitrogen and oxygen atoms in total. The van der Waals surface area contributed by atoms with E-state index in [2.05, 4.69) is 44.4 Å². The van der Waals surface area contributed by atoms with E-state index in [-0.39, 0.29) is 0 Å². The van der Waals surface area contributed by atoms with Crippen LogP contribution in [0.5, 0.6) is 0 Å². The maximum Gasteiger partial charge on any atom is 0.0351 e. The molecule has 3 rings (SSSR count). The second kappa shape index (κ2) is 4.70. The van der Waals surface area contributed by atoms with Gasteiger partial charge in [0.15, 0.2) is 0 Å². The number of benzene rings is 1. The SMILES string of the molecule is CNC(c1ccc(C)c(C)c1)C1C2CCCCC21. The number of fused-ring (bicyclic) bond motifs is 1. The van der Waals surface area contributed by atoms with Crippen LogP contribution in [0.15, 0.2) is 18.2 Å². The smallest absolute Gasteiger partial charge is 0.0351 e. The third-order valence-corrected chi connectivity index (χ3v) is 5.31. The molecule has 18 heavy (non-hydrogen) atoms. The summed E-state index contributed by atoms with van der Waals surface area (Å²) in [5, 5.41) is 3.58. The summed E-state index contributed by atoms with van der Waals surface area (Å²) in [4.78, 5) is 0. The predicted octanol–water partition coefficient (Wildman–Crippen LogP) is 4.00. The molecule has 0 heterocycles. The molecule has 1 heteroatoms. The second-order valence-electron chi connectivity index (χ2n) is 6.30. The van der Waals surface area contributed by atoms with E-state index in [4.69, 9.17) is 0 Å². The lowest BCUT2D eigenvalue weighted by Crippen LogP contribution is -2.20. The Morgan fingerprint density at radius 2 is 1.72 bits per heavy atom. The number of nitrogens with one attached hydrogen (secondary N) is 1. The van der Waals surface area contributed by atoms with Crippen molar-refractivity contribution in [1.82, 2.24) is 5.32 Å². The van der Waals surface area contributed by atoms with Gasteiger partial charge in [-0.2, -0.15) is 0 Å². The molecule has 1 aromatic rings. The average Bonchev–Trinajstić information content (AvgIpc) is 3.09. The third-order valence-electron chi connectivity index (χ3n) is 5.31. The monoisotopic (exact) mass is 243 g/mol. The van der Waals surface area contributed by atoms with Crippen LogP contribution < -0.4 is 5.32 Å². The Balaban J connectivity index is 1.82. The molecular formula is C17H25N. The zero-order chi connectivity index (χ0) is 12.7. The molecule has 0 saturated heterocycles. The first-order valence-corrected chi connectivity index (χ1v) is 7.47. The molecule has 2 fully saturated rings. The van der Waals surface area contributed by atoms with Crippen molar-refractivity contribution in [1.29, 1.82) is 0 Å². The first-order chi connectivity index (χ1) is 8.72. The highest BCUT2D eigenvalue weighted by atomic mass is 14.9. The van der Waals surface area contributed by atoms with Crippen molar-refractivity contribution < 1.29 is 0 Å². The first-order valence-electron chi connectivity index (χ1n) is 7.47. The standard InChI is InChI=1S/C17H25N/c1-11-8-9-13(10-12(11)2)17(18-3)16-14-6-4-5-7-15(14)16/h8-10,14-18H,4-7H2,1-3H3. The Kier molecular flexibility index (Phi) is 3.19. The molecule has 98 valence electrons. The lowest BCUT2D eigenvalue weighted by molar-refractivity contribution is 0.480. The van der Waals surface area contributed by atoms with E-state index in [0.29, 0.717) is 6.04 Å². The highest BCUT2D eigenvalue weighted by Gasteiger charge is 2.53. The van der Waals surface area contributed by atoms with Crippen molar-refractivity contribution in [2.75, 3.05) is 7.05 Å². The van der Waals surface area contributed by atoms with E-state index in [1.165, 1.54) is 42.4 Å². The first kappa shape index (κ1) is 12.2. The summed E-state index contributed by atoms with van der Waals surface area (Å²) in [7, 11) is 2.13. The van der Waals surface area contributed by atoms with Gasteiger partial charge in [-0.1, -0.05) is 31.0 Å². The Morgan fingerprint density at radius 3 is 2.28 bits per heavy atom. The molecule has 1 aromatic carbocycles. The second-order valence-corrected chi connectivity index (χ2v) is 6.30. The van der Waals surface area contributed by atoms with E-state index in [1.54, 1.807) is 0 Å². The van der Waals surface area contributed by atoms with Crippen LogP contribution in [0.25, 0.3) is 0 Å². The van der Waals surface area contributed by atoms with Gasteiger partial charge in [-0.05, 0) is 68.2 Å². The highest BCUT2D eigenvalue weighted by molar-refractivity contribution is 5.33. The van der Waals surface area contributed by atoms with Crippen LogP contribution >= 0.6 is 0 Å². The van der Waals surface area contributed by atoms with E-state index < -0.39 is 0 Å². The van der Waals surface area contributed by atoms with E-state index in [0.717, 1.165) is 17.8 Å². The van der Waals surface area contributed by atoms with Gasteiger partial charge >= 0.3 is 0 Å². The minimum absolute atomic E-state index is 0.581. The van der Waals surface area contributed by atoms with Crippen LogP contribution in [-0.2, 0) is 0 Å². The summed E-state index contributed by atoms with van der Waals surface area (Å²) in [6.45, 7) is 4.43. The normalized spacial score (nSPS) is 31.8. The largest absolute Gasteiger partial charge is 0.313 e. The molecule has 2 aliphatic carbocycles. The summed E-state index contributed by atoms with van der Waals surface area (Å²) in [5.41, 5.74) is 4.33. The van der Waals surface area contributed by atoms with Crippen molar-refractivity contribution in [3.8, 4) is 0 Å². The van der Waals surface area contributed by atoms with Crippen LogP contribution in [0.4, 0.5) is 0 Å². The molecule has 3 atom stereocenters. The van der Waals surface area contributed by atoms with Crippen molar-refractivity contribution >= 4 is 0 Å². The van der Waals surface area contributed by atoms with Gasteiger partial charge in [0, 0.05) is 6.04 Å². The fourth-order valence-electron chi connectivity index (χ4n) is 4.08. The van der Waals surface area contributed by atoms with E-state index in [9.17, 15) is 0 Å². The van der Waals surface area contributed by atoms with Gasteiger partial charge in [-0.15, -0.1) is 0 Å². The van der Waals surface area contributed by atoms with Crippen LogP contribution in [0.3, 0.4) is 0 Å². The predicted molar refractivity (Wildman–Crippen MR) is 76.7 cm³/mol. The molecule has 0 radical (unpaired) electrons. The maximum atomic E-state index is 3.58. The van der Waals surface area contributed by atoms with Gasteiger partial charge in [-0.25, -0.2) is 0 Å². The fourth-order valence-corrected chi connectivity index (χ4v) is 4.08. The van der Waals surface area contributed by atoms with Crippen molar-refractivity contribution in [2.45, 2.75) is 45.6 Å². The van der Waals surface area contributed by atoms with Crippen LogP contribution in [-0.4, -0.2) is 7.05 Å². The number of hydrogen-bond donors (Lipinski definition) is 1. The summed E-state index contributed by atoms with van der Waals surface area (Å²) < 4.78 is 0. The number of rotatable bonds is 3. The summed E-state index contributed by atoms with van der Waals surface area (Å²) in [5.74, 6) is 2.93. The molecular weight excluding hydrogens is 218 g/mol. The molecule has 0 aliphatic heterocycles. The van der Waals surface area contributed by atoms with Crippen LogP contribution in [0.1, 0.15) is 48.4 Å². The van der Waals surface area contributed by atoms with Crippen LogP contribution in [0, 0.1) is 31.6 Å². The zero-order valence-electron chi connectivity index (χ0n) is 11.9. The van der Waals surface area contributed by atoms with Gasteiger partial charge in [0.25, 0.3) is 0 Å². The Bertz CT molecular complexity index is 425. The molecule has 1 N–H and O–H groups in total. The Morgan fingerprint density at radius 1 is 1.06 bits per heavy atom. The van der Waals surface area contributed by atoms with Gasteiger partial charge < -0.3 is 5.32 Å². The molecule has 3 unspecified atom stereocenters. The van der Waals surface area contributed by atoms with E-state index >= 15 is 0 Å². The Labute approximate surface area is 111 Å². The maximum absolute atomic E-state index is 3.58. The third kappa shape index (κ3) is 1.99. The zero-order valence-corrected chi connectivity index (χ0v) is 11.9. The quantitative estimate of drug-likeness (QED) is 0.846. The molecule has 2 saturated carbocycles. The highest BCUT2D eigenvalue weighted by Crippen LogP contribution is 2.60. The number of aryl methyl sites for hydroxylation is 2. The molecule has 0 amide bonds. The lowest BCUT2D eigenvalue weighted by Gasteiger charge is -2.18.